The molecule has 0 saturated heterocycles. The molecule has 3 rings (SSSR count). The highest BCUT2D eigenvalue weighted by Gasteiger charge is 2.20. The Balaban J connectivity index is 1.92. The van der Waals surface area contributed by atoms with Crippen molar-refractivity contribution < 1.29 is 9.72 Å². The Labute approximate surface area is 148 Å². The molecule has 0 bridgehead atoms. The van der Waals surface area contributed by atoms with Crippen molar-refractivity contribution in [1.29, 1.82) is 0 Å². The number of hydrogen-bond acceptors (Lipinski definition) is 4. The van der Waals surface area contributed by atoms with Crippen molar-refractivity contribution >= 4 is 28.9 Å². The number of nitro groups is 1. The van der Waals surface area contributed by atoms with Gasteiger partial charge >= 0.3 is 0 Å². The molecule has 3 aromatic rings. The van der Waals surface area contributed by atoms with Gasteiger partial charge in [-0.15, -0.1) is 0 Å². The van der Waals surface area contributed by atoms with Gasteiger partial charge in [-0.25, -0.2) is 4.98 Å². The van der Waals surface area contributed by atoms with Gasteiger partial charge < -0.3 is 5.32 Å². The fraction of sp³-hybridized carbons (Fsp3) is 0. The van der Waals surface area contributed by atoms with E-state index in [4.69, 9.17) is 11.6 Å². The third-order valence-electron chi connectivity index (χ3n) is 3.48. The number of nitrogens with one attached hydrogen (secondary N) is 1. The standard InChI is InChI=1S/C18H12ClN3O3/c19-14-6-8-15(9-7-14)21-18(23)13-10-16(22(24)25)17(20-11-13)12-4-2-1-3-5-12/h1-11H,(H,21,23). The van der Waals surface area contributed by atoms with E-state index in [0.717, 1.165) is 0 Å². The Morgan fingerprint density at radius 2 is 1.76 bits per heavy atom. The minimum atomic E-state index is -0.547. The average Bonchev–Trinajstić information content (AvgIpc) is 2.63. The third-order valence-corrected chi connectivity index (χ3v) is 3.73. The molecule has 0 aliphatic heterocycles. The maximum absolute atomic E-state index is 12.3. The van der Waals surface area contributed by atoms with Crippen molar-refractivity contribution in [3.05, 3.63) is 87.6 Å². The molecule has 0 spiro atoms. The predicted octanol–water partition coefficient (Wildman–Crippen LogP) is 4.56. The van der Waals surface area contributed by atoms with Crippen LogP contribution in [0.5, 0.6) is 0 Å². The minimum absolute atomic E-state index is 0.0985. The van der Waals surface area contributed by atoms with Gasteiger partial charge in [0.2, 0.25) is 0 Å². The van der Waals surface area contributed by atoms with Gasteiger partial charge in [0.1, 0.15) is 5.69 Å². The van der Waals surface area contributed by atoms with Crippen molar-refractivity contribution in [1.82, 2.24) is 4.98 Å². The van der Waals surface area contributed by atoms with Gasteiger partial charge in [-0.3, -0.25) is 14.9 Å². The molecule has 2 aromatic carbocycles. The van der Waals surface area contributed by atoms with Crippen LogP contribution in [-0.2, 0) is 0 Å². The molecular formula is C18H12ClN3O3. The number of benzene rings is 2. The topological polar surface area (TPSA) is 85.1 Å². The first-order chi connectivity index (χ1) is 12.0. The van der Waals surface area contributed by atoms with E-state index < -0.39 is 10.8 Å². The van der Waals surface area contributed by atoms with E-state index in [2.05, 4.69) is 10.3 Å². The Kier molecular flexibility index (Phi) is 4.72. The van der Waals surface area contributed by atoms with Crippen LogP contribution in [0.2, 0.25) is 5.02 Å². The summed E-state index contributed by atoms with van der Waals surface area (Å²) in [5.41, 5.74) is 1.23. The molecular weight excluding hydrogens is 342 g/mol. The summed E-state index contributed by atoms with van der Waals surface area (Å²) in [5, 5.41) is 14.6. The summed E-state index contributed by atoms with van der Waals surface area (Å²) in [6, 6.07) is 16.6. The van der Waals surface area contributed by atoms with Crippen LogP contribution in [0.15, 0.2) is 66.9 Å². The van der Waals surface area contributed by atoms with E-state index in [9.17, 15) is 14.9 Å². The second-order valence-corrected chi connectivity index (χ2v) is 5.61. The fourth-order valence-corrected chi connectivity index (χ4v) is 2.40. The van der Waals surface area contributed by atoms with Crippen LogP contribution in [0, 0.1) is 10.1 Å². The van der Waals surface area contributed by atoms with Crippen molar-refractivity contribution in [2.75, 3.05) is 5.32 Å². The number of pyridine rings is 1. The molecule has 1 aromatic heterocycles. The summed E-state index contributed by atoms with van der Waals surface area (Å²) in [7, 11) is 0. The van der Waals surface area contributed by atoms with Crippen LogP contribution in [0.3, 0.4) is 0 Å². The van der Waals surface area contributed by atoms with E-state index in [-0.39, 0.29) is 16.9 Å². The van der Waals surface area contributed by atoms with Gasteiger partial charge in [0.05, 0.1) is 10.5 Å². The van der Waals surface area contributed by atoms with Crippen molar-refractivity contribution in [3.8, 4) is 11.3 Å². The molecule has 0 unspecified atom stereocenters. The lowest BCUT2D eigenvalue weighted by atomic mass is 10.1. The molecule has 0 saturated carbocycles. The van der Waals surface area contributed by atoms with E-state index >= 15 is 0 Å². The molecule has 1 amide bonds. The molecule has 25 heavy (non-hydrogen) atoms. The third kappa shape index (κ3) is 3.81. The molecule has 1 N–H and O–H groups in total. The molecule has 6 nitrogen and oxygen atoms in total. The lowest BCUT2D eigenvalue weighted by Gasteiger charge is -2.07. The van der Waals surface area contributed by atoms with Crippen LogP contribution in [0.1, 0.15) is 10.4 Å². The summed E-state index contributed by atoms with van der Waals surface area (Å²) < 4.78 is 0. The number of halogens is 1. The number of rotatable bonds is 4. The summed E-state index contributed by atoms with van der Waals surface area (Å²) in [4.78, 5) is 27.3. The first-order valence-corrected chi connectivity index (χ1v) is 7.69. The van der Waals surface area contributed by atoms with Gasteiger partial charge in [0, 0.05) is 28.5 Å². The lowest BCUT2D eigenvalue weighted by molar-refractivity contribution is -0.384. The summed E-state index contributed by atoms with van der Waals surface area (Å²) >= 11 is 5.80. The Morgan fingerprint density at radius 3 is 2.40 bits per heavy atom. The number of carbonyl (C=O) groups excluding carboxylic acids is 1. The molecule has 0 fully saturated rings. The second kappa shape index (κ2) is 7.11. The summed E-state index contributed by atoms with van der Waals surface area (Å²) in [6.45, 7) is 0. The summed E-state index contributed by atoms with van der Waals surface area (Å²) in [5.74, 6) is -0.488. The molecule has 0 radical (unpaired) electrons. The average molecular weight is 354 g/mol. The van der Waals surface area contributed by atoms with E-state index in [0.29, 0.717) is 16.3 Å². The van der Waals surface area contributed by atoms with Crippen LogP contribution >= 0.6 is 11.6 Å². The monoisotopic (exact) mass is 353 g/mol. The fourth-order valence-electron chi connectivity index (χ4n) is 2.27. The lowest BCUT2D eigenvalue weighted by Crippen LogP contribution is -2.13. The SMILES string of the molecule is O=C(Nc1ccc(Cl)cc1)c1cnc(-c2ccccc2)c([N+](=O)[O-])c1. The molecule has 0 aliphatic carbocycles. The Morgan fingerprint density at radius 1 is 1.08 bits per heavy atom. The number of nitrogens with zero attached hydrogens (tertiary/aromatic N) is 2. The van der Waals surface area contributed by atoms with E-state index in [1.807, 2.05) is 6.07 Å². The normalized spacial score (nSPS) is 10.3. The number of carbonyl (C=O) groups is 1. The van der Waals surface area contributed by atoms with Crippen LogP contribution in [-0.4, -0.2) is 15.8 Å². The predicted molar refractivity (Wildman–Crippen MR) is 95.7 cm³/mol. The maximum Gasteiger partial charge on any atom is 0.296 e. The summed E-state index contributed by atoms with van der Waals surface area (Å²) in [6.07, 6.45) is 1.32. The van der Waals surface area contributed by atoms with Gasteiger partial charge in [-0.1, -0.05) is 41.9 Å². The molecule has 7 heteroatoms. The van der Waals surface area contributed by atoms with Crippen LogP contribution in [0.25, 0.3) is 11.3 Å². The van der Waals surface area contributed by atoms with Gasteiger partial charge in [-0.05, 0) is 24.3 Å². The molecule has 124 valence electrons. The van der Waals surface area contributed by atoms with E-state index in [1.165, 1.54) is 12.3 Å². The zero-order valence-electron chi connectivity index (χ0n) is 12.8. The minimum Gasteiger partial charge on any atom is -0.322 e. The highest BCUT2D eigenvalue weighted by Crippen LogP contribution is 2.28. The van der Waals surface area contributed by atoms with Crippen molar-refractivity contribution in [2.45, 2.75) is 0 Å². The zero-order chi connectivity index (χ0) is 17.8. The Hall–Kier alpha value is -3.25. The smallest absolute Gasteiger partial charge is 0.296 e. The number of anilines is 1. The quantitative estimate of drug-likeness (QED) is 0.550. The van der Waals surface area contributed by atoms with Crippen LogP contribution < -0.4 is 5.32 Å². The Bertz CT molecular complexity index is 928. The number of amides is 1. The molecule has 0 aliphatic rings. The first-order valence-electron chi connectivity index (χ1n) is 7.31. The first kappa shape index (κ1) is 16.6. The molecule has 1 heterocycles. The number of aromatic nitrogens is 1. The van der Waals surface area contributed by atoms with Crippen LogP contribution in [0.4, 0.5) is 11.4 Å². The number of hydrogen-bond donors (Lipinski definition) is 1. The largest absolute Gasteiger partial charge is 0.322 e. The van der Waals surface area contributed by atoms with Gasteiger partial charge in [0.25, 0.3) is 11.6 Å². The van der Waals surface area contributed by atoms with Gasteiger partial charge in [0.15, 0.2) is 0 Å². The zero-order valence-corrected chi connectivity index (χ0v) is 13.6. The van der Waals surface area contributed by atoms with Crippen molar-refractivity contribution in [2.24, 2.45) is 0 Å². The highest BCUT2D eigenvalue weighted by atomic mass is 35.5. The maximum atomic E-state index is 12.3. The molecule has 0 atom stereocenters. The highest BCUT2D eigenvalue weighted by molar-refractivity contribution is 6.30. The van der Waals surface area contributed by atoms with Crippen molar-refractivity contribution in [3.63, 3.8) is 0 Å². The second-order valence-electron chi connectivity index (χ2n) is 5.18. The van der Waals surface area contributed by atoms with Gasteiger partial charge in [-0.2, -0.15) is 0 Å². The van der Waals surface area contributed by atoms with E-state index in [1.54, 1.807) is 48.5 Å².